The highest BCUT2D eigenvalue weighted by Gasteiger charge is 2.41. The first-order valence-electron chi connectivity index (χ1n) is 10.6. The van der Waals surface area contributed by atoms with Crippen molar-refractivity contribution < 1.29 is 23.1 Å². The Morgan fingerprint density at radius 1 is 1.27 bits per heavy atom. The van der Waals surface area contributed by atoms with Crippen LogP contribution in [0.4, 0.5) is 8.78 Å². The van der Waals surface area contributed by atoms with Crippen molar-refractivity contribution in [3.8, 4) is 6.07 Å². The predicted molar refractivity (Wildman–Crippen MR) is 120 cm³/mol. The van der Waals surface area contributed by atoms with Gasteiger partial charge in [0.15, 0.2) is 5.78 Å². The Hall–Kier alpha value is -3.25. The van der Waals surface area contributed by atoms with Crippen LogP contribution in [0.2, 0.25) is 0 Å². The first-order valence-corrected chi connectivity index (χ1v) is 11.5. The van der Waals surface area contributed by atoms with E-state index in [1.54, 1.807) is 19.1 Å². The molecule has 172 valence electrons. The number of nitriles is 1. The number of ketones is 1. The number of carbonyl (C=O) groups excluding carboxylic acids is 2. The molecule has 9 heteroatoms. The largest absolute Gasteiger partial charge is 0.459 e. The molecule has 0 amide bonds. The van der Waals surface area contributed by atoms with Crippen LogP contribution < -0.4 is 11.1 Å². The second-order valence-corrected chi connectivity index (χ2v) is 9.31. The third-order valence-electron chi connectivity index (χ3n) is 6.19. The fraction of sp³-hybridized carbons (Fsp3) is 0.375. The van der Waals surface area contributed by atoms with Gasteiger partial charge in [-0.2, -0.15) is 5.26 Å². The van der Waals surface area contributed by atoms with Crippen LogP contribution in [0.1, 0.15) is 56.6 Å². The standard InChI is InChI=1S/C24H23F2N3O3S/c1-12-18(13(2)30)19(17-11-33-21-14(10-27)4-3-5-16(17)21)20(22(28)29-12)23(31)32-15-6-8-24(25,26)9-7-15/h3-5,11,15,19,29H,6-9,28H2,1-2H3. The molecule has 1 fully saturated rings. The molecule has 2 heterocycles. The summed E-state index contributed by atoms with van der Waals surface area (Å²) in [4.78, 5) is 26.0. The zero-order valence-electron chi connectivity index (χ0n) is 18.2. The van der Waals surface area contributed by atoms with Crippen molar-refractivity contribution in [2.75, 3.05) is 0 Å². The molecule has 1 unspecified atom stereocenters. The van der Waals surface area contributed by atoms with Gasteiger partial charge in [-0.05, 0) is 49.1 Å². The molecule has 1 aliphatic heterocycles. The molecule has 1 aromatic heterocycles. The van der Waals surface area contributed by atoms with E-state index in [0.29, 0.717) is 22.4 Å². The Bertz CT molecular complexity index is 1250. The van der Waals surface area contributed by atoms with Gasteiger partial charge in [-0.25, -0.2) is 13.6 Å². The number of hydrogen-bond acceptors (Lipinski definition) is 7. The summed E-state index contributed by atoms with van der Waals surface area (Å²) in [6, 6.07) is 7.44. The molecule has 0 saturated heterocycles. The van der Waals surface area contributed by atoms with Crippen LogP contribution in [0.5, 0.6) is 0 Å². The number of esters is 1. The van der Waals surface area contributed by atoms with Gasteiger partial charge in [0.05, 0.1) is 21.8 Å². The number of allylic oxidation sites excluding steroid dienone is 2. The van der Waals surface area contributed by atoms with E-state index >= 15 is 0 Å². The number of carbonyl (C=O) groups is 2. The Labute approximate surface area is 193 Å². The van der Waals surface area contributed by atoms with Crippen molar-refractivity contribution >= 4 is 33.2 Å². The summed E-state index contributed by atoms with van der Waals surface area (Å²) in [5.41, 5.74) is 8.36. The van der Waals surface area contributed by atoms with Crippen LogP contribution in [-0.4, -0.2) is 23.8 Å². The van der Waals surface area contributed by atoms with E-state index in [2.05, 4.69) is 11.4 Å². The van der Waals surface area contributed by atoms with Gasteiger partial charge in [-0.1, -0.05) is 12.1 Å². The van der Waals surface area contributed by atoms with E-state index in [1.807, 2.05) is 11.4 Å². The number of ether oxygens (including phenoxy) is 1. The van der Waals surface area contributed by atoms with Gasteiger partial charge >= 0.3 is 5.97 Å². The maximum absolute atomic E-state index is 13.5. The fourth-order valence-electron chi connectivity index (χ4n) is 4.59. The van der Waals surface area contributed by atoms with Crippen LogP contribution in [0.25, 0.3) is 10.1 Å². The maximum atomic E-state index is 13.5. The van der Waals surface area contributed by atoms with Crippen molar-refractivity contribution in [2.24, 2.45) is 5.73 Å². The molecular weight excluding hydrogens is 448 g/mol. The topological polar surface area (TPSA) is 105 Å². The Morgan fingerprint density at radius 3 is 2.61 bits per heavy atom. The predicted octanol–water partition coefficient (Wildman–Crippen LogP) is 4.61. The highest BCUT2D eigenvalue weighted by molar-refractivity contribution is 7.17. The molecule has 6 nitrogen and oxygen atoms in total. The molecule has 2 aliphatic rings. The average Bonchev–Trinajstić information content (AvgIpc) is 3.18. The van der Waals surface area contributed by atoms with Crippen LogP contribution in [0, 0.1) is 11.3 Å². The number of Topliss-reactive ketones (excluding diaryl/α,β-unsaturated/α-hetero) is 1. The number of thiophene rings is 1. The molecule has 33 heavy (non-hydrogen) atoms. The highest BCUT2D eigenvalue weighted by atomic mass is 32.1. The quantitative estimate of drug-likeness (QED) is 0.631. The van der Waals surface area contributed by atoms with E-state index in [1.165, 1.54) is 18.3 Å². The van der Waals surface area contributed by atoms with Crippen molar-refractivity contribution in [2.45, 2.75) is 57.5 Å². The van der Waals surface area contributed by atoms with Gasteiger partial charge in [0, 0.05) is 24.1 Å². The molecule has 1 saturated carbocycles. The van der Waals surface area contributed by atoms with Crippen molar-refractivity contribution in [1.29, 1.82) is 5.26 Å². The molecular formula is C24H23F2N3O3S. The molecule has 0 bridgehead atoms. The molecule has 1 aliphatic carbocycles. The number of halogens is 2. The van der Waals surface area contributed by atoms with Gasteiger partial charge in [0.2, 0.25) is 5.92 Å². The first-order chi connectivity index (χ1) is 15.6. The zero-order valence-corrected chi connectivity index (χ0v) is 19.0. The number of nitrogens with one attached hydrogen (secondary N) is 1. The third kappa shape index (κ3) is 4.23. The number of nitrogens with two attached hydrogens (primary N) is 1. The Balaban J connectivity index is 1.77. The minimum Gasteiger partial charge on any atom is -0.459 e. The van der Waals surface area contributed by atoms with Gasteiger partial charge < -0.3 is 15.8 Å². The molecule has 3 N–H and O–H groups in total. The summed E-state index contributed by atoms with van der Waals surface area (Å²) >= 11 is 1.35. The lowest BCUT2D eigenvalue weighted by molar-refractivity contribution is -0.151. The second kappa shape index (κ2) is 8.60. The lowest BCUT2D eigenvalue weighted by Gasteiger charge is -2.32. The number of alkyl halides is 2. The van der Waals surface area contributed by atoms with Crippen LogP contribution in [0.15, 0.2) is 46.2 Å². The number of rotatable bonds is 4. The fourth-order valence-corrected chi connectivity index (χ4v) is 5.66. The summed E-state index contributed by atoms with van der Waals surface area (Å²) in [6.07, 6.45) is -1.21. The van der Waals surface area contributed by atoms with E-state index in [-0.39, 0.29) is 42.9 Å². The lowest BCUT2D eigenvalue weighted by Crippen LogP contribution is -2.37. The van der Waals surface area contributed by atoms with E-state index in [9.17, 15) is 23.6 Å². The number of hydrogen-bond donors (Lipinski definition) is 2. The van der Waals surface area contributed by atoms with Crippen molar-refractivity contribution in [3.63, 3.8) is 0 Å². The average molecular weight is 472 g/mol. The molecule has 2 aromatic rings. The highest BCUT2D eigenvalue weighted by Crippen LogP contribution is 2.44. The summed E-state index contributed by atoms with van der Waals surface area (Å²) < 4.78 is 33.4. The van der Waals surface area contributed by atoms with E-state index in [4.69, 9.17) is 10.5 Å². The molecule has 0 radical (unpaired) electrons. The first kappa shape index (κ1) is 22.9. The van der Waals surface area contributed by atoms with Crippen molar-refractivity contribution in [1.82, 2.24) is 5.32 Å². The van der Waals surface area contributed by atoms with Gasteiger partial charge in [-0.15, -0.1) is 11.3 Å². The number of nitrogens with zero attached hydrogens (tertiary/aromatic N) is 1. The monoisotopic (exact) mass is 471 g/mol. The van der Waals surface area contributed by atoms with Crippen LogP contribution in [-0.2, 0) is 14.3 Å². The Kier molecular flexibility index (Phi) is 5.97. The normalized spacial score (nSPS) is 21.0. The smallest absolute Gasteiger partial charge is 0.338 e. The van der Waals surface area contributed by atoms with Gasteiger partial charge in [0.25, 0.3) is 0 Å². The summed E-state index contributed by atoms with van der Waals surface area (Å²) in [5.74, 6) is -4.46. The van der Waals surface area contributed by atoms with E-state index < -0.39 is 23.9 Å². The Morgan fingerprint density at radius 2 is 1.97 bits per heavy atom. The summed E-state index contributed by atoms with van der Waals surface area (Å²) in [5, 5.41) is 14.9. The minimum absolute atomic E-state index is 0.0597. The van der Waals surface area contributed by atoms with Gasteiger partial charge in [-0.3, -0.25) is 4.79 Å². The number of fused-ring (bicyclic) bond motifs is 1. The summed E-state index contributed by atoms with van der Waals surface area (Å²) in [7, 11) is 0. The zero-order chi connectivity index (χ0) is 23.9. The minimum atomic E-state index is -2.74. The lowest BCUT2D eigenvalue weighted by atomic mass is 9.79. The summed E-state index contributed by atoms with van der Waals surface area (Å²) in [6.45, 7) is 3.12. The van der Waals surface area contributed by atoms with Gasteiger partial charge in [0.1, 0.15) is 18.0 Å². The number of dihydropyridines is 1. The molecule has 4 rings (SSSR count). The number of benzene rings is 1. The molecule has 1 atom stereocenters. The van der Waals surface area contributed by atoms with E-state index in [0.717, 1.165) is 10.1 Å². The van der Waals surface area contributed by atoms with Crippen LogP contribution >= 0.6 is 11.3 Å². The molecule has 1 aromatic carbocycles. The third-order valence-corrected chi connectivity index (χ3v) is 7.24. The molecule has 0 spiro atoms. The van der Waals surface area contributed by atoms with Crippen molar-refractivity contribution in [3.05, 3.63) is 57.4 Å². The maximum Gasteiger partial charge on any atom is 0.338 e. The SMILES string of the molecule is CC(=O)C1=C(C)NC(N)=C(C(=O)OC2CCC(F)(F)CC2)C1c1csc2c(C#N)cccc12. The second-order valence-electron chi connectivity index (χ2n) is 8.43. The van der Waals surface area contributed by atoms with Crippen LogP contribution in [0.3, 0.4) is 0 Å².